The number of ether oxygens (including phenoxy) is 1. The van der Waals surface area contributed by atoms with Gasteiger partial charge in [-0.15, -0.1) is 0 Å². The van der Waals surface area contributed by atoms with Gasteiger partial charge in [-0.2, -0.15) is 0 Å². The van der Waals surface area contributed by atoms with Crippen LogP contribution in [0.25, 0.3) is 10.9 Å². The van der Waals surface area contributed by atoms with Crippen molar-refractivity contribution in [1.82, 2.24) is 4.98 Å². The summed E-state index contributed by atoms with van der Waals surface area (Å²) in [7, 11) is -3.88. The molecule has 0 saturated heterocycles. The molecule has 0 radical (unpaired) electrons. The van der Waals surface area contributed by atoms with Crippen LogP contribution in [0.3, 0.4) is 0 Å². The summed E-state index contributed by atoms with van der Waals surface area (Å²) in [5.74, 6) is 0.287. The number of fused-ring (bicyclic) bond motifs is 1. The molecule has 0 aliphatic rings. The molecule has 0 aliphatic carbocycles. The fourth-order valence-corrected chi connectivity index (χ4v) is 3.92. The normalized spacial score (nSPS) is 11.5. The first-order valence-corrected chi connectivity index (χ1v) is 10.1. The first-order chi connectivity index (χ1) is 12.4. The second kappa shape index (κ2) is 7.51. The maximum Gasteiger partial charge on any atom is 0.265 e. The van der Waals surface area contributed by atoms with Crippen molar-refractivity contribution in [3.8, 4) is 5.75 Å². The number of pyridine rings is 1. The topological polar surface area (TPSA) is 68.3 Å². The summed E-state index contributed by atoms with van der Waals surface area (Å²) in [5.41, 5.74) is 1.92. The molecule has 2 aromatic carbocycles. The molecular weight excluding hydrogens is 372 g/mol. The number of nitrogens with one attached hydrogen (secondary N) is 1. The predicted octanol–water partition coefficient (Wildman–Crippen LogP) is 4.79. The van der Waals surface area contributed by atoms with E-state index in [9.17, 15) is 8.42 Å². The van der Waals surface area contributed by atoms with E-state index in [-0.39, 0.29) is 10.6 Å². The molecule has 136 valence electrons. The van der Waals surface area contributed by atoms with E-state index in [0.29, 0.717) is 17.3 Å². The Bertz CT molecular complexity index is 1050. The van der Waals surface area contributed by atoms with Gasteiger partial charge in [0.15, 0.2) is 0 Å². The monoisotopic (exact) mass is 390 g/mol. The van der Waals surface area contributed by atoms with Crippen LogP contribution in [0.15, 0.2) is 53.6 Å². The lowest BCUT2D eigenvalue weighted by molar-refractivity contribution is 0.309. The Morgan fingerprint density at radius 1 is 1.19 bits per heavy atom. The second-order valence-electron chi connectivity index (χ2n) is 5.92. The number of aromatic nitrogens is 1. The third-order valence-electron chi connectivity index (χ3n) is 3.82. The highest BCUT2D eigenvalue weighted by Crippen LogP contribution is 2.32. The standard InChI is InChI=1S/C19H19ClN2O3S/c1-3-8-25-18-9-13(2)16(20)11-19(18)26(23,24)22-15-10-14-6-4-5-7-17(14)21-12-15/h4-7,9-12,22H,3,8H2,1-2H3. The van der Waals surface area contributed by atoms with Gasteiger partial charge in [-0.3, -0.25) is 9.71 Å². The van der Waals surface area contributed by atoms with Crippen LogP contribution in [0.4, 0.5) is 5.69 Å². The van der Waals surface area contributed by atoms with Crippen LogP contribution >= 0.6 is 11.6 Å². The van der Waals surface area contributed by atoms with Crippen LogP contribution in [0.2, 0.25) is 5.02 Å². The number of benzene rings is 2. The number of halogens is 1. The van der Waals surface area contributed by atoms with Gasteiger partial charge in [0, 0.05) is 10.4 Å². The molecule has 0 spiro atoms. The predicted molar refractivity (Wildman–Crippen MR) is 105 cm³/mol. The summed E-state index contributed by atoms with van der Waals surface area (Å²) >= 11 is 6.15. The number of hydrogen-bond donors (Lipinski definition) is 1. The molecular formula is C19H19ClN2O3S. The Kier molecular flexibility index (Phi) is 5.34. The molecule has 0 bridgehead atoms. The highest BCUT2D eigenvalue weighted by atomic mass is 35.5. The molecule has 0 fully saturated rings. The van der Waals surface area contributed by atoms with Gasteiger partial charge < -0.3 is 4.74 Å². The number of anilines is 1. The number of para-hydroxylation sites is 1. The van der Waals surface area contributed by atoms with E-state index in [0.717, 1.165) is 22.9 Å². The van der Waals surface area contributed by atoms with Gasteiger partial charge in [0.2, 0.25) is 0 Å². The van der Waals surface area contributed by atoms with Crippen LogP contribution in [0.5, 0.6) is 5.75 Å². The molecule has 0 amide bonds. The van der Waals surface area contributed by atoms with Crippen molar-refractivity contribution < 1.29 is 13.2 Å². The van der Waals surface area contributed by atoms with E-state index >= 15 is 0 Å². The lowest BCUT2D eigenvalue weighted by Gasteiger charge is -2.15. The molecule has 1 heterocycles. The van der Waals surface area contributed by atoms with Gasteiger partial charge in [-0.1, -0.05) is 36.7 Å². The maximum atomic E-state index is 12.9. The Morgan fingerprint density at radius 3 is 2.73 bits per heavy atom. The van der Waals surface area contributed by atoms with Gasteiger partial charge in [0.1, 0.15) is 10.6 Å². The second-order valence-corrected chi connectivity index (χ2v) is 7.98. The van der Waals surface area contributed by atoms with E-state index in [1.54, 1.807) is 19.1 Å². The third-order valence-corrected chi connectivity index (χ3v) is 5.63. The summed E-state index contributed by atoms with van der Waals surface area (Å²) in [6.07, 6.45) is 2.26. The minimum Gasteiger partial charge on any atom is -0.492 e. The van der Waals surface area contributed by atoms with Crippen LogP contribution in [0.1, 0.15) is 18.9 Å². The van der Waals surface area contributed by atoms with E-state index in [2.05, 4.69) is 9.71 Å². The minimum absolute atomic E-state index is 0.00899. The SMILES string of the molecule is CCCOc1cc(C)c(Cl)cc1S(=O)(=O)Nc1cnc2ccccc2c1. The summed E-state index contributed by atoms with van der Waals surface area (Å²) in [5, 5.41) is 1.21. The van der Waals surface area contributed by atoms with E-state index in [4.69, 9.17) is 16.3 Å². The molecule has 5 nitrogen and oxygen atoms in total. The highest BCUT2D eigenvalue weighted by molar-refractivity contribution is 7.92. The van der Waals surface area contributed by atoms with E-state index < -0.39 is 10.0 Å². The van der Waals surface area contributed by atoms with Crippen LogP contribution < -0.4 is 9.46 Å². The Hall–Kier alpha value is -2.31. The quantitative estimate of drug-likeness (QED) is 0.657. The first kappa shape index (κ1) is 18.5. The van der Waals surface area contributed by atoms with E-state index in [1.165, 1.54) is 12.3 Å². The van der Waals surface area contributed by atoms with Gasteiger partial charge in [0.25, 0.3) is 10.0 Å². The van der Waals surface area contributed by atoms with Crippen LogP contribution in [0, 0.1) is 6.92 Å². The lowest BCUT2D eigenvalue weighted by Crippen LogP contribution is -2.15. The summed E-state index contributed by atoms with van der Waals surface area (Å²) < 4.78 is 34.0. The smallest absolute Gasteiger partial charge is 0.265 e. The minimum atomic E-state index is -3.88. The van der Waals surface area contributed by atoms with Crippen LogP contribution in [-0.4, -0.2) is 20.0 Å². The fraction of sp³-hybridized carbons (Fsp3) is 0.211. The average Bonchev–Trinajstić information content (AvgIpc) is 2.61. The maximum absolute atomic E-state index is 12.9. The molecule has 1 aromatic heterocycles. The van der Waals surface area contributed by atoms with Crippen LogP contribution in [-0.2, 0) is 10.0 Å². The number of hydrogen-bond acceptors (Lipinski definition) is 4. The number of nitrogens with zero attached hydrogens (tertiary/aromatic N) is 1. The van der Waals surface area contributed by atoms with E-state index in [1.807, 2.05) is 31.2 Å². The first-order valence-electron chi connectivity index (χ1n) is 8.21. The average molecular weight is 391 g/mol. The molecule has 0 unspecified atom stereocenters. The molecule has 3 aromatic rings. The molecule has 7 heteroatoms. The zero-order valence-electron chi connectivity index (χ0n) is 14.5. The summed E-state index contributed by atoms with van der Waals surface area (Å²) in [6, 6.07) is 12.3. The van der Waals surface area contributed by atoms with Crippen molar-refractivity contribution in [2.45, 2.75) is 25.2 Å². The Balaban J connectivity index is 1.99. The third kappa shape index (κ3) is 3.92. The van der Waals surface area contributed by atoms with Crippen molar-refractivity contribution in [2.75, 3.05) is 11.3 Å². The summed E-state index contributed by atoms with van der Waals surface area (Å²) in [4.78, 5) is 4.29. The fourth-order valence-electron chi connectivity index (χ4n) is 2.51. The molecule has 0 saturated carbocycles. The zero-order chi connectivity index (χ0) is 18.7. The molecule has 0 aliphatic heterocycles. The van der Waals surface area contributed by atoms with Crippen molar-refractivity contribution >= 4 is 38.2 Å². The number of sulfonamides is 1. The molecule has 26 heavy (non-hydrogen) atoms. The Morgan fingerprint density at radius 2 is 1.96 bits per heavy atom. The number of rotatable bonds is 6. The molecule has 1 N–H and O–H groups in total. The largest absolute Gasteiger partial charge is 0.492 e. The zero-order valence-corrected chi connectivity index (χ0v) is 16.1. The van der Waals surface area contributed by atoms with Crippen molar-refractivity contribution in [3.63, 3.8) is 0 Å². The van der Waals surface area contributed by atoms with Gasteiger partial charge in [-0.25, -0.2) is 8.42 Å². The highest BCUT2D eigenvalue weighted by Gasteiger charge is 2.22. The van der Waals surface area contributed by atoms with Crippen molar-refractivity contribution in [1.29, 1.82) is 0 Å². The van der Waals surface area contributed by atoms with Gasteiger partial charge in [-0.05, 0) is 43.2 Å². The van der Waals surface area contributed by atoms with Gasteiger partial charge >= 0.3 is 0 Å². The number of aryl methyl sites for hydroxylation is 1. The van der Waals surface area contributed by atoms with Crippen molar-refractivity contribution in [3.05, 3.63) is 59.2 Å². The lowest BCUT2D eigenvalue weighted by atomic mass is 10.2. The Labute approximate surface area is 158 Å². The molecule has 3 rings (SSSR count). The summed E-state index contributed by atoms with van der Waals surface area (Å²) in [6.45, 7) is 4.18. The van der Waals surface area contributed by atoms with Gasteiger partial charge in [0.05, 0.1) is 24.0 Å². The van der Waals surface area contributed by atoms with Crippen molar-refractivity contribution in [2.24, 2.45) is 0 Å². The molecule has 0 atom stereocenters.